The van der Waals surface area contributed by atoms with E-state index >= 15 is 0 Å². The highest BCUT2D eigenvalue weighted by atomic mass is 32.2. The summed E-state index contributed by atoms with van der Waals surface area (Å²) in [6, 6.07) is 0.371. The Bertz CT molecular complexity index is 358. The molecule has 1 rings (SSSR count). The van der Waals surface area contributed by atoms with E-state index in [0.717, 1.165) is 39.1 Å². The third-order valence-electron chi connectivity index (χ3n) is 4.33. The first-order valence-corrected chi connectivity index (χ1v) is 9.68. The van der Waals surface area contributed by atoms with E-state index in [1.54, 1.807) is 0 Å². The van der Waals surface area contributed by atoms with Gasteiger partial charge in [-0.1, -0.05) is 26.7 Å². The number of ether oxygens (including phenoxy) is 1. The number of hydrogen-bond donors (Lipinski definition) is 2. The standard InChI is InChI=1S/C16H31N3O3S/c1-3-13(4-2)14(19-6-8-22-9-7-19)11-18-16(21)5-10-23-12-15(17)20/h13-14H,3-12H2,1-2H3,(H2,17,20)(H,18,21)/t14-/m0/s1. The van der Waals surface area contributed by atoms with Crippen LogP contribution in [0.1, 0.15) is 33.1 Å². The first-order chi connectivity index (χ1) is 11.1. The SMILES string of the molecule is CCC(CC)[C@H](CNC(=O)CCSCC(N)=O)N1CCOCC1. The highest BCUT2D eigenvalue weighted by Crippen LogP contribution is 2.19. The zero-order chi connectivity index (χ0) is 17.1. The second-order valence-electron chi connectivity index (χ2n) is 5.87. The van der Waals surface area contributed by atoms with Crippen LogP contribution in [-0.2, 0) is 14.3 Å². The smallest absolute Gasteiger partial charge is 0.227 e. The fourth-order valence-corrected chi connectivity index (χ4v) is 3.66. The number of carbonyl (C=O) groups is 2. The number of thioether (sulfide) groups is 1. The van der Waals surface area contributed by atoms with Crippen LogP contribution in [0, 0.1) is 5.92 Å². The van der Waals surface area contributed by atoms with E-state index in [4.69, 9.17) is 10.5 Å². The van der Waals surface area contributed by atoms with E-state index in [1.165, 1.54) is 11.8 Å². The molecule has 1 aliphatic heterocycles. The molecule has 0 aromatic heterocycles. The Morgan fingerprint density at radius 3 is 2.48 bits per heavy atom. The van der Waals surface area contributed by atoms with Crippen LogP contribution in [0.15, 0.2) is 0 Å². The third kappa shape index (κ3) is 8.04. The van der Waals surface area contributed by atoms with Gasteiger partial charge in [0.15, 0.2) is 0 Å². The van der Waals surface area contributed by atoms with Gasteiger partial charge in [-0.2, -0.15) is 11.8 Å². The Balaban J connectivity index is 2.40. The van der Waals surface area contributed by atoms with Gasteiger partial charge in [0.25, 0.3) is 0 Å². The van der Waals surface area contributed by atoms with Crippen molar-refractivity contribution in [2.75, 3.05) is 44.4 Å². The molecule has 0 aromatic rings. The second kappa shape index (κ2) is 11.7. The van der Waals surface area contributed by atoms with Crippen LogP contribution in [0.5, 0.6) is 0 Å². The normalized spacial score (nSPS) is 17.2. The Morgan fingerprint density at radius 1 is 1.26 bits per heavy atom. The molecule has 0 aromatic carbocycles. The molecule has 134 valence electrons. The predicted octanol–water partition coefficient (Wildman–Crippen LogP) is 0.848. The molecule has 0 spiro atoms. The quantitative estimate of drug-likeness (QED) is 0.542. The Hall–Kier alpha value is -0.790. The number of morpholine rings is 1. The molecular weight excluding hydrogens is 314 g/mol. The minimum absolute atomic E-state index is 0.0474. The number of hydrogen-bond acceptors (Lipinski definition) is 5. The van der Waals surface area contributed by atoms with Gasteiger partial charge >= 0.3 is 0 Å². The zero-order valence-electron chi connectivity index (χ0n) is 14.4. The maximum atomic E-state index is 12.0. The molecule has 1 aliphatic rings. The van der Waals surface area contributed by atoms with E-state index < -0.39 is 0 Å². The van der Waals surface area contributed by atoms with Crippen molar-refractivity contribution < 1.29 is 14.3 Å². The van der Waals surface area contributed by atoms with Crippen LogP contribution in [0.25, 0.3) is 0 Å². The van der Waals surface area contributed by atoms with Crippen LogP contribution in [0.2, 0.25) is 0 Å². The summed E-state index contributed by atoms with van der Waals surface area (Å²) in [6.45, 7) is 8.53. The summed E-state index contributed by atoms with van der Waals surface area (Å²) in [4.78, 5) is 25.1. The lowest BCUT2D eigenvalue weighted by Gasteiger charge is -2.38. The lowest BCUT2D eigenvalue weighted by Crippen LogP contribution is -2.52. The molecule has 1 atom stereocenters. The molecule has 1 heterocycles. The fraction of sp³-hybridized carbons (Fsp3) is 0.875. The van der Waals surface area contributed by atoms with E-state index in [0.29, 0.717) is 30.7 Å². The highest BCUT2D eigenvalue weighted by molar-refractivity contribution is 7.99. The zero-order valence-corrected chi connectivity index (χ0v) is 15.2. The molecule has 1 saturated heterocycles. The summed E-state index contributed by atoms with van der Waals surface area (Å²) in [5.41, 5.74) is 5.08. The van der Waals surface area contributed by atoms with Gasteiger partial charge in [-0.3, -0.25) is 14.5 Å². The van der Waals surface area contributed by atoms with Gasteiger partial charge in [0, 0.05) is 37.8 Å². The van der Waals surface area contributed by atoms with E-state index in [-0.39, 0.29) is 17.6 Å². The molecule has 2 amide bonds. The number of nitrogens with two attached hydrogens (primary N) is 1. The van der Waals surface area contributed by atoms with Crippen LogP contribution in [0.3, 0.4) is 0 Å². The van der Waals surface area contributed by atoms with E-state index in [2.05, 4.69) is 24.1 Å². The summed E-state index contributed by atoms with van der Waals surface area (Å²) in [7, 11) is 0. The average molecular weight is 346 g/mol. The molecule has 0 aliphatic carbocycles. The number of nitrogens with one attached hydrogen (secondary N) is 1. The van der Waals surface area contributed by atoms with Crippen molar-refractivity contribution in [3.8, 4) is 0 Å². The lowest BCUT2D eigenvalue weighted by atomic mass is 9.92. The summed E-state index contributed by atoms with van der Waals surface area (Å²) >= 11 is 1.40. The van der Waals surface area contributed by atoms with Crippen molar-refractivity contribution in [2.24, 2.45) is 11.7 Å². The molecule has 23 heavy (non-hydrogen) atoms. The molecule has 6 nitrogen and oxygen atoms in total. The van der Waals surface area contributed by atoms with Gasteiger partial charge in [0.05, 0.1) is 19.0 Å². The molecule has 0 radical (unpaired) electrons. The molecule has 0 bridgehead atoms. The first kappa shape index (κ1) is 20.3. The Kier molecular flexibility index (Phi) is 10.3. The maximum Gasteiger partial charge on any atom is 0.227 e. The molecule has 0 unspecified atom stereocenters. The predicted molar refractivity (Wildman–Crippen MR) is 94.4 cm³/mol. The van der Waals surface area contributed by atoms with Crippen LogP contribution in [-0.4, -0.2) is 67.1 Å². The van der Waals surface area contributed by atoms with Crippen LogP contribution in [0.4, 0.5) is 0 Å². The van der Waals surface area contributed by atoms with Crippen molar-refractivity contribution in [3.63, 3.8) is 0 Å². The van der Waals surface area contributed by atoms with E-state index in [1.807, 2.05) is 0 Å². The number of carbonyl (C=O) groups excluding carboxylic acids is 2. The van der Waals surface area contributed by atoms with Gasteiger partial charge in [-0.15, -0.1) is 0 Å². The third-order valence-corrected chi connectivity index (χ3v) is 5.32. The number of primary amides is 1. The van der Waals surface area contributed by atoms with Crippen molar-refractivity contribution in [2.45, 2.75) is 39.2 Å². The molecule has 3 N–H and O–H groups in total. The summed E-state index contributed by atoms with van der Waals surface area (Å²) < 4.78 is 5.44. The first-order valence-electron chi connectivity index (χ1n) is 8.53. The second-order valence-corrected chi connectivity index (χ2v) is 6.97. The minimum Gasteiger partial charge on any atom is -0.379 e. The summed E-state index contributed by atoms with van der Waals surface area (Å²) in [5, 5.41) is 3.07. The highest BCUT2D eigenvalue weighted by Gasteiger charge is 2.27. The Morgan fingerprint density at radius 2 is 1.91 bits per heavy atom. The number of rotatable bonds is 11. The van der Waals surface area contributed by atoms with Crippen LogP contribution < -0.4 is 11.1 Å². The topological polar surface area (TPSA) is 84.7 Å². The number of nitrogens with zero attached hydrogens (tertiary/aromatic N) is 1. The Labute approximate surface area is 143 Å². The van der Waals surface area contributed by atoms with Crippen molar-refractivity contribution in [3.05, 3.63) is 0 Å². The average Bonchev–Trinajstić information content (AvgIpc) is 2.56. The number of amides is 2. The molecule has 0 saturated carbocycles. The van der Waals surface area contributed by atoms with Gasteiger partial charge in [-0.25, -0.2) is 0 Å². The van der Waals surface area contributed by atoms with Gasteiger partial charge in [-0.05, 0) is 5.92 Å². The molecular formula is C16H31N3O3S. The van der Waals surface area contributed by atoms with Crippen LogP contribution >= 0.6 is 11.8 Å². The monoisotopic (exact) mass is 345 g/mol. The molecule has 1 fully saturated rings. The largest absolute Gasteiger partial charge is 0.379 e. The van der Waals surface area contributed by atoms with Gasteiger partial charge < -0.3 is 15.8 Å². The van der Waals surface area contributed by atoms with E-state index in [9.17, 15) is 9.59 Å². The minimum atomic E-state index is -0.337. The lowest BCUT2D eigenvalue weighted by molar-refractivity contribution is -0.121. The molecule has 7 heteroatoms. The summed E-state index contributed by atoms with van der Waals surface area (Å²) in [5.74, 6) is 1.19. The van der Waals surface area contributed by atoms with Crippen molar-refractivity contribution >= 4 is 23.6 Å². The van der Waals surface area contributed by atoms with Crippen molar-refractivity contribution in [1.29, 1.82) is 0 Å². The fourth-order valence-electron chi connectivity index (χ4n) is 2.98. The van der Waals surface area contributed by atoms with Gasteiger partial charge in [0.2, 0.25) is 11.8 Å². The maximum absolute atomic E-state index is 12.0. The summed E-state index contributed by atoms with van der Waals surface area (Å²) in [6.07, 6.45) is 2.66. The van der Waals surface area contributed by atoms with Gasteiger partial charge in [0.1, 0.15) is 0 Å². The van der Waals surface area contributed by atoms with Crippen molar-refractivity contribution in [1.82, 2.24) is 10.2 Å².